The lowest BCUT2D eigenvalue weighted by Gasteiger charge is -2.45. The number of phenols is 2. The van der Waals surface area contributed by atoms with Crippen LogP contribution in [0.2, 0.25) is 0 Å². The zero-order valence-corrected chi connectivity index (χ0v) is 17.5. The van der Waals surface area contributed by atoms with Crippen LogP contribution in [0.1, 0.15) is 47.4 Å². The third-order valence-electron chi connectivity index (χ3n) is 6.47. The number of likely N-dealkylation sites (tertiary alicyclic amines) is 1. The third kappa shape index (κ3) is 3.62. The highest BCUT2D eigenvalue weighted by atomic mass is 16.6. The Labute approximate surface area is 179 Å². The minimum atomic E-state index is -1.53. The average molecular weight is 439 g/mol. The van der Waals surface area contributed by atoms with Crippen molar-refractivity contribution in [1.82, 2.24) is 4.90 Å². The number of aliphatic hydroxyl groups excluding tert-OH is 3. The molecule has 10 nitrogen and oxygen atoms in total. The van der Waals surface area contributed by atoms with Gasteiger partial charge in [0.1, 0.15) is 24.4 Å². The maximum absolute atomic E-state index is 13.0. The number of carbonyl (C=O) groups excluding carboxylic acids is 1. The van der Waals surface area contributed by atoms with Gasteiger partial charge < -0.3 is 39.7 Å². The predicted octanol–water partition coefficient (Wildman–Crippen LogP) is 0.0313. The molecule has 172 valence electrons. The van der Waals surface area contributed by atoms with Crippen LogP contribution in [0.15, 0.2) is 0 Å². The SMILES string of the molecule is COc1c(O)c(CN2CCC[C@H](C)C2)c2c(c1O)[C@@H]1O[C@H](CO)[C@@H](O)[C@H](O)[C@@H]1OC2=O. The van der Waals surface area contributed by atoms with Gasteiger partial charge in [-0.25, -0.2) is 4.79 Å². The molecule has 5 N–H and O–H groups in total. The third-order valence-corrected chi connectivity index (χ3v) is 6.47. The maximum Gasteiger partial charge on any atom is 0.339 e. The number of esters is 1. The second kappa shape index (κ2) is 8.44. The Morgan fingerprint density at radius 1 is 1.19 bits per heavy atom. The van der Waals surface area contributed by atoms with Crippen LogP contribution >= 0.6 is 0 Å². The van der Waals surface area contributed by atoms with Gasteiger partial charge >= 0.3 is 5.97 Å². The zero-order chi connectivity index (χ0) is 22.4. The number of fused-ring (bicyclic) bond motifs is 3. The molecule has 1 aromatic carbocycles. The second-order valence-electron chi connectivity index (χ2n) is 8.61. The molecule has 3 aliphatic heterocycles. The van der Waals surface area contributed by atoms with E-state index >= 15 is 0 Å². The van der Waals surface area contributed by atoms with Gasteiger partial charge in [-0.05, 0) is 25.3 Å². The first-order valence-electron chi connectivity index (χ1n) is 10.5. The summed E-state index contributed by atoms with van der Waals surface area (Å²) in [6.45, 7) is 3.36. The van der Waals surface area contributed by atoms with Gasteiger partial charge in [-0.2, -0.15) is 0 Å². The molecule has 0 amide bonds. The van der Waals surface area contributed by atoms with Crippen LogP contribution in [0.25, 0.3) is 0 Å². The summed E-state index contributed by atoms with van der Waals surface area (Å²) in [7, 11) is 1.28. The molecule has 6 atom stereocenters. The standard InChI is InChI=1S/C21H29NO9/c1-9-4-3-5-22(6-9)7-10-12-13(16(26)19(29-2)14(10)24)18-20(31-21(12)28)17(27)15(25)11(8-23)30-18/h9,11,15,17-18,20,23-27H,3-8H2,1-2H3/t9-,11+,15+,17-,18-,20-/m0/s1. The molecule has 0 aromatic heterocycles. The average Bonchev–Trinajstić information content (AvgIpc) is 2.74. The van der Waals surface area contributed by atoms with Gasteiger partial charge in [-0.15, -0.1) is 0 Å². The molecule has 0 saturated carbocycles. The number of hydrogen-bond acceptors (Lipinski definition) is 10. The van der Waals surface area contributed by atoms with Gasteiger partial charge in [0.15, 0.2) is 17.6 Å². The quantitative estimate of drug-likeness (QED) is 0.407. The van der Waals surface area contributed by atoms with E-state index in [4.69, 9.17) is 14.2 Å². The summed E-state index contributed by atoms with van der Waals surface area (Å²) >= 11 is 0. The van der Waals surface area contributed by atoms with Crippen LogP contribution in [-0.2, 0) is 16.0 Å². The van der Waals surface area contributed by atoms with E-state index in [9.17, 15) is 30.3 Å². The highest BCUT2D eigenvalue weighted by molar-refractivity contribution is 5.97. The van der Waals surface area contributed by atoms with Gasteiger partial charge in [-0.1, -0.05) is 6.92 Å². The molecule has 10 heteroatoms. The molecule has 31 heavy (non-hydrogen) atoms. The summed E-state index contributed by atoms with van der Waals surface area (Å²) in [4.78, 5) is 15.1. The highest BCUT2D eigenvalue weighted by Crippen LogP contribution is 2.52. The van der Waals surface area contributed by atoms with E-state index in [1.165, 1.54) is 7.11 Å². The first kappa shape index (κ1) is 22.1. The van der Waals surface area contributed by atoms with E-state index in [2.05, 4.69) is 11.8 Å². The van der Waals surface area contributed by atoms with Crippen LogP contribution in [0.4, 0.5) is 0 Å². The zero-order valence-electron chi connectivity index (χ0n) is 17.5. The van der Waals surface area contributed by atoms with Crippen molar-refractivity contribution in [2.45, 2.75) is 56.8 Å². The van der Waals surface area contributed by atoms with Crippen LogP contribution in [0.3, 0.4) is 0 Å². The number of ether oxygens (including phenoxy) is 3. The molecule has 0 aliphatic carbocycles. The number of rotatable bonds is 4. The van der Waals surface area contributed by atoms with Crippen LogP contribution in [0.5, 0.6) is 17.2 Å². The van der Waals surface area contributed by atoms with E-state index < -0.39 is 48.8 Å². The fourth-order valence-electron chi connectivity index (χ4n) is 4.92. The largest absolute Gasteiger partial charge is 0.504 e. The minimum absolute atomic E-state index is 0.0142. The van der Waals surface area contributed by atoms with Crippen molar-refractivity contribution in [3.8, 4) is 17.2 Å². The van der Waals surface area contributed by atoms with Gasteiger partial charge in [0, 0.05) is 24.2 Å². The number of methoxy groups -OCH3 is 1. The lowest BCUT2D eigenvalue weighted by Crippen LogP contribution is -2.58. The normalized spacial score (nSPS) is 33.4. The molecule has 2 fully saturated rings. The molecule has 4 rings (SSSR count). The molecule has 0 radical (unpaired) electrons. The lowest BCUT2D eigenvalue weighted by molar-refractivity contribution is -0.235. The van der Waals surface area contributed by atoms with E-state index in [0.717, 1.165) is 25.9 Å². The molecule has 0 spiro atoms. The number of aliphatic hydroxyl groups is 3. The predicted molar refractivity (Wildman–Crippen MR) is 106 cm³/mol. The highest BCUT2D eigenvalue weighted by Gasteiger charge is 2.53. The molecule has 0 bridgehead atoms. The van der Waals surface area contributed by atoms with E-state index in [1.807, 2.05) is 0 Å². The van der Waals surface area contributed by atoms with Crippen molar-refractivity contribution < 1.29 is 44.5 Å². The summed E-state index contributed by atoms with van der Waals surface area (Å²) in [5.74, 6) is -1.45. The molecule has 1 aromatic rings. The van der Waals surface area contributed by atoms with Gasteiger partial charge in [-0.3, -0.25) is 4.90 Å². The Morgan fingerprint density at radius 2 is 1.94 bits per heavy atom. The smallest absolute Gasteiger partial charge is 0.339 e. The van der Waals surface area contributed by atoms with E-state index in [-0.39, 0.29) is 34.7 Å². The minimum Gasteiger partial charge on any atom is -0.504 e. The van der Waals surface area contributed by atoms with E-state index in [1.54, 1.807) is 0 Å². The number of carbonyl (C=O) groups is 1. The van der Waals surface area contributed by atoms with Crippen molar-refractivity contribution >= 4 is 5.97 Å². The number of piperidine rings is 1. The molecule has 3 heterocycles. The fourth-order valence-corrected chi connectivity index (χ4v) is 4.92. The van der Waals surface area contributed by atoms with Crippen LogP contribution in [0, 0.1) is 5.92 Å². The maximum atomic E-state index is 13.0. The summed E-state index contributed by atoms with van der Waals surface area (Å²) in [5, 5.41) is 51.9. The fraction of sp³-hybridized carbons (Fsp3) is 0.667. The summed E-state index contributed by atoms with van der Waals surface area (Å²) in [5.41, 5.74) is 0.211. The van der Waals surface area contributed by atoms with Gasteiger partial charge in [0.05, 0.1) is 19.3 Å². The number of nitrogens with zero attached hydrogens (tertiary/aromatic N) is 1. The Morgan fingerprint density at radius 3 is 2.58 bits per heavy atom. The van der Waals surface area contributed by atoms with Crippen molar-refractivity contribution in [1.29, 1.82) is 0 Å². The topological polar surface area (TPSA) is 149 Å². The number of phenolic OH excluding ortho intramolecular Hbond substituents is 2. The van der Waals surface area contributed by atoms with E-state index in [0.29, 0.717) is 5.92 Å². The summed E-state index contributed by atoms with van der Waals surface area (Å²) in [6.07, 6.45) is -4.51. The van der Waals surface area contributed by atoms with Crippen LogP contribution in [-0.4, -0.2) is 87.6 Å². The first-order valence-corrected chi connectivity index (χ1v) is 10.5. The van der Waals surface area contributed by atoms with Gasteiger partial charge in [0.25, 0.3) is 0 Å². The monoisotopic (exact) mass is 439 g/mol. The van der Waals surface area contributed by atoms with Gasteiger partial charge in [0.2, 0.25) is 5.75 Å². The molecular weight excluding hydrogens is 410 g/mol. The Hall–Kier alpha value is -2.11. The Kier molecular flexibility index (Phi) is 6.01. The Balaban J connectivity index is 1.84. The van der Waals surface area contributed by atoms with Crippen molar-refractivity contribution in [2.24, 2.45) is 5.92 Å². The van der Waals surface area contributed by atoms with Crippen molar-refractivity contribution in [2.75, 3.05) is 26.8 Å². The molecule has 2 saturated heterocycles. The van der Waals surface area contributed by atoms with Crippen molar-refractivity contribution in [3.63, 3.8) is 0 Å². The summed E-state index contributed by atoms with van der Waals surface area (Å²) < 4.78 is 16.3. The number of aromatic hydroxyl groups is 2. The molecule has 0 unspecified atom stereocenters. The lowest BCUT2D eigenvalue weighted by atomic mass is 9.84. The number of benzene rings is 1. The van der Waals surface area contributed by atoms with Crippen molar-refractivity contribution in [3.05, 3.63) is 16.7 Å². The van der Waals surface area contributed by atoms with Crippen LogP contribution < -0.4 is 4.74 Å². The summed E-state index contributed by atoms with van der Waals surface area (Å²) in [6, 6.07) is 0. The second-order valence-corrected chi connectivity index (χ2v) is 8.61. The first-order chi connectivity index (χ1) is 14.8. The molecular formula is C21H29NO9. The Bertz CT molecular complexity index is 860. The molecule has 3 aliphatic rings. The number of hydrogen-bond donors (Lipinski definition) is 5.